The van der Waals surface area contributed by atoms with Crippen LogP contribution in [0.2, 0.25) is 5.02 Å². The van der Waals surface area contributed by atoms with E-state index in [9.17, 15) is 28.1 Å². The summed E-state index contributed by atoms with van der Waals surface area (Å²) >= 11 is 5.67. The van der Waals surface area contributed by atoms with Crippen molar-refractivity contribution in [3.63, 3.8) is 0 Å². The molecule has 31 heavy (non-hydrogen) atoms. The Morgan fingerprint density at radius 1 is 1.16 bits per heavy atom. The Balaban J connectivity index is 1.66. The molecule has 0 radical (unpaired) electrons. The Kier molecular flexibility index (Phi) is 6.71. The Hall–Kier alpha value is -2.85. The van der Waals surface area contributed by atoms with Gasteiger partial charge in [0.15, 0.2) is 0 Å². The molecule has 2 aromatic rings. The minimum absolute atomic E-state index is 0.00385. The standard InChI is InChI=1S/C20H20ClF3N4O3/c1-13(19(29)25-16-7-6-14(21)12-15(16)20(22,23)24)26-8-10-27(11-9-26)17-4-2-3-5-18(17)28(30)31/h2-7,12-13H,8-11H2,1H3,(H,25,29). The number of nitro groups is 1. The van der Waals surface area contributed by atoms with Crippen LogP contribution >= 0.6 is 11.6 Å². The number of nitrogens with one attached hydrogen (secondary N) is 1. The van der Waals surface area contributed by atoms with Crippen molar-refractivity contribution in [2.45, 2.75) is 19.1 Å². The molecule has 1 aliphatic rings. The zero-order valence-corrected chi connectivity index (χ0v) is 17.3. The molecule has 0 aromatic heterocycles. The number of carbonyl (C=O) groups is 1. The number of benzene rings is 2. The Morgan fingerprint density at radius 3 is 2.42 bits per heavy atom. The Bertz CT molecular complexity index is 978. The summed E-state index contributed by atoms with van der Waals surface area (Å²) in [6, 6.07) is 8.90. The van der Waals surface area contributed by atoms with Crippen LogP contribution in [0.5, 0.6) is 0 Å². The molecule has 1 amide bonds. The first-order valence-corrected chi connectivity index (χ1v) is 9.85. The summed E-state index contributed by atoms with van der Waals surface area (Å²) in [5.74, 6) is -0.577. The highest BCUT2D eigenvalue weighted by atomic mass is 35.5. The SMILES string of the molecule is CC(C(=O)Nc1ccc(Cl)cc1C(F)(F)F)N1CCN(c2ccccc2[N+](=O)[O-])CC1. The van der Waals surface area contributed by atoms with Gasteiger partial charge in [-0.2, -0.15) is 13.2 Å². The zero-order valence-electron chi connectivity index (χ0n) is 16.5. The van der Waals surface area contributed by atoms with Crippen LogP contribution in [0.25, 0.3) is 0 Å². The van der Waals surface area contributed by atoms with Crippen molar-refractivity contribution in [1.82, 2.24) is 4.90 Å². The van der Waals surface area contributed by atoms with E-state index in [2.05, 4.69) is 5.32 Å². The lowest BCUT2D eigenvalue weighted by atomic mass is 10.1. The predicted octanol–water partition coefficient (Wildman–Crippen LogP) is 4.42. The van der Waals surface area contributed by atoms with E-state index in [1.807, 2.05) is 9.80 Å². The number of rotatable bonds is 5. The highest BCUT2D eigenvalue weighted by molar-refractivity contribution is 6.30. The fourth-order valence-electron chi connectivity index (χ4n) is 3.50. The topological polar surface area (TPSA) is 78.7 Å². The van der Waals surface area contributed by atoms with Crippen LogP contribution in [0.1, 0.15) is 12.5 Å². The molecule has 1 fully saturated rings. The number of para-hydroxylation sites is 2. The third-order valence-electron chi connectivity index (χ3n) is 5.21. The normalized spacial score (nSPS) is 16.1. The summed E-state index contributed by atoms with van der Waals surface area (Å²) < 4.78 is 39.8. The van der Waals surface area contributed by atoms with Gasteiger partial charge in [-0.25, -0.2) is 0 Å². The van der Waals surface area contributed by atoms with Crippen molar-refractivity contribution < 1.29 is 22.9 Å². The van der Waals surface area contributed by atoms with Gasteiger partial charge in [-0.1, -0.05) is 23.7 Å². The highest BCUT2D eigenvalue weighted by Crippen LogP contribution is 2.36. The number of halogens is 4. The quantitative estimate of drug-likeness (QED) is 0.532. The van der Waals surface area contributed by atoms with Gasteiger partial charge >= 0.3 is 6.18 Å². The van der Waals surface area contributed by atoms with Gasteiger partial charge in [0, 0.05) is 37.3 Å². The number of nitro benzene ring substituents is 1. The van der Waals surface area contributed by atoms with E-state index in [-0.39, 0.29) is 16.4 Å². The molecule has 0 aliphatic carbocycles. The number of carbonyl (C=O) groups excluding carboxylic acids is 1. The average Bonchev–Trinajstić information content (AvgIpc) is 2.73. The zero-order chi connectivity index (χ0) is 22.8. The van der Waals surface area contributed by atoms with Crippen LogP contribution in [-0.2, 0) is 11.0 Å². The third kappa shape index (κ3) is 5.26. The molecular formula is C20H20ClF3N4O3. The maximum Gasteiger partial charge on any atom is 0.418 e. The van der Waals surface area contributed by atoms with E-state index in [1.54, 1.807) is 25.1 Å². The number of hydrogen-bond donors (Lipinski definition) is 1. The summed E-state index contributed by atoms with van der Waals surface area (Å²) in [6.45, 7) is 3.34. The first-order valence-electron chi connectivity index (χ1n) is 9.48. The molecule has 1 saturated heterocycles. The number of amides is 1. The molecule has 7 nitrogen and oxygen atoms in total. The van der Waals surface area contributed by atoms with E-state index in [0.717, 1.165) is 12.1 Å². The summed E-state index contributed by atoms with van der Waals surface area (Å²) in [5.41, 5.74) is -0.863. The lowest BCUT2D eigenvalue weighted by Crippen LogP contribution is -2.53. The molecule has 11 heteroatoms. The van der Waals surface area contributed by atoms with Gasteiger partial charge in [-0.3, -0.25) is 19.8 Å². The number of hydrogen-bond acceptors (Lipinski definition) is 5. The molecular weight excluding hydrogens is 437 g/mol. The molecule has 166 valence electrons. The highest BCUT2D eigenvalue weighted by Gasteiger charge is 2.35. The van der Waals surface area contributed by atoms with Crippen molar-refractivity contribution in [1.29, 1.82) is 0 Å². The third-order valence-corrected chi connectivity index (χ3v) is 5.44. The Morgan fingerprint density at radius 2 is 1.81 bits per heavy atom. The van der Waals surface area contributed by atoms with Crippen molar-refractivity contribution in [2.75, 3.05) is 36.4 Å². The van der Waals surface area contributed by atoms with E-state index < -0.39 is 28.6 Å². The monoisotopic (exact) mass is 456 g/mol. The predicted molar refractivity (Wildman–Crippen MR) is 111 cm³/mol. The average molecular weight is 457 g/mol. The summed E-state index contributed by atoms with van der Waals surface area (Å²) in [6.07, 6.45) is -4.66. The smallest absolute Gasteiger partial charge is 0.363 e. The van der Waals surface area contributed by atoms with Crippen molar-refractivity contribution in [2.24, 2.45) is 0 Å². The lowest BCUT2D eigenvalue weighted by Gasteiger charge is -2.38. The van der Waals surface area contributed by atoms with E-state index >= 15 is 0 Å². The molecule has 3 rings (SSSR count). The van der Waals surface area contributed by atoms with Crippen molar-refractivity contribution in [3.05, 3.63) is 63.2 Å². The second-order valence-electron chi connectivity index (χ2n) is 7.12. The minimum Gasteiger partial charge on any atom is -0.363 e. The van der Waals surface area contributed by atoms with Gasteiger partial charge in [0.25, 0.3) is 5.69 Å². The lowest BCUT2D eigenvalue weighted by molar-refractivity contribution is -0.384. The van der Waals surface area contributed by atoms with Gasteiger partial charge in [-0.15, -0.1) is 0 Å². The second-order valence-corrected chi connectivity index (χ2v) is 7.56. The fraction of sp³-hybridized carbons (Fsp3) is 0.350. The largest absolute Gasteiger partial charge is 0.418 e. The molecule has 1 atom stereocenters. The number of alkyl halides is 3. The van der Waals surface area contributed by atoms with Crippen molar-refractivity contribution in [3.8, 4) is 0 Å². The molecule has 1 heterocycles. The van der Waals surface area contributed by atoms with Crippen LogP contribution in [0.15, 0.2) is 42.5 Å². The van der Waals surface area contributed by atoms with Crippen LogP contribution < -0.4 is 10.2 Å². The summed E-state index contributed by atoms with van der Waals surface area (Å²) in [5, 5.41) is 13.5. The molecule has 2 aromatic carbocycles. The fourth-order valence-corrected chi connectivity index (χ4v) is 3.67. The first-order chi connectivity index (χ1) is 14.6. The maximum atomic E-state index is 13.3. The summed E-state index contributed by atoms with van der Waals surface area (Å²) in [7, 11) is 0. The van der Waals surface area contributed by atoms with E-state index in [0.29, 0.717) is 31.9 Å². The number of nitrogens with zero attached hydrogens (tertiary/aromatic N) is 3. The van der Waals surface area contributed by atoms with Gasteiger partial charge in [0.05, 0.1) is 22.2 Å². The first kappa shape index (κ1) is 22.8. The van der Waals surface area contributed by atoms with Gasteiger partial charge in [0.2, 0.25) is 5.91 Å². The van der Waals surface area contributed by atoms with E-state index in [1.165, 1.54) is 12.1 Å². The van der Waals surface area contributed by atoms with Crippen LogP contribution in [0.4, 0.5) is 30.2 Å². The van der Waals surface area contributed by atoms with Gasteiger partial charge < -0.3 is 10.2 Å². The van der Waals surface area contributed by atoms with Crippen LogP contribution in [0.3, 0.4) is 0 Å². The maximum absolute atomic E-state index is 13.3. The van der Waals surface area contributed by atoms with Crippen molar-refractivity contribution >= 4 is 34.6 Å². The summed E-state index contributed by atoms with van der Waals surface area (Å²) in [4.78, 5) is 27.1. The molecule has 0 bridgehead atoms. The number of anilines is 2. The molecule has 1 unspecified atom stereocenters. The molecule has 1 N–H and O–H groups in total. The van der Waals surface area contributed by atoms with E-state index in [4.69, 9.17) is 11.6 Å². The molecule has 0 spiro atoms. The molecule has 0 saturated carbocycles. The molecule has 1 aliphatic heterocycles. The van der Waals surface area contributed by atoms with Gasteiger partial charge in [0.1, 0.15) is 5.69 Å². The Labute approximate surface area is 181 Å². The van der Waals surface area contributed by atoms with Crippen LogP contribution in [-0.4, -0.2) is 48.0 Å². The second kappa shape index (κ2) is 9.11. The van der Waals surface area contributed by atoms with Gasteiger partial charge in [-0.05, 0) is 31.2 Å². The number of piperazine rings is 1. The van der Waals surface area contributed by atoms with Crippen LogP contribution in [0, 0.1) is 10.1 Å². The minimum atomic E-state index is -4.66.